The number of alkyl halides is 5. The highest BCUT2D eigenvalue weighted by Gasteiger charge is 2.38. The van der Waals surface area contributed by atoms with Crippen molar-refractivity contribution in [3.63, 3.8) is 0 Å². The number of nitrogens with zero attached hydrogens (tertiary/aromatic N) is 3. The van der Waals surface area contributed by atoms with Gasteiger partial charge in [0.2, 0.25) is 5.91 Å². The summed E-state index contributed by atoms with van der Waals surface area (Å²) in [6.45, 7) is 2.71. The van der Waals surface area contributed by atoms with Crippen LogP contribution in [0.4, 0.5) is 27.6 Å². The van der Waals surface area contributed by atoms with E-state index in [1.807, 2.05) is 11.8 Å². The van der Waals surface area contributed by atoms with Gasteiger partial charge < -0.3 is 9.80 Å². The SMILES string of the molecule is C[C@H]1C[C@@H](CC(=O)N2C[C@@H](F)[C@@H](F)C2)CN(c2ccc(C(F)(F)F)c3ncccc23)C1. The Morgan fingerprint density at radius 2 is 1.81 bits per heavy atom. The minimum Gasteiger partial charge on any atom is -0.370 e. The molecule has 2 aliphatic rings. The van der Waals surface area contributed by atoms with Gasteiger partial charge >= 0.3 is 6.18 Å². The molecule has 2 aliphatic heterocycles. The summed E-state index contributed by atoms with van der Waals surface area (Å²) in [7, 11) is 0. The molecule has 31 heavy (non-hydrogen) atoms. The van der Waals surface area contributed by atoms with E-state index in [9.17, 15) is 26.7 Å². The van der Waals surface area contributed by atoms with Crippen LogP contribution in [0.5, 0.6) is 0 Å². The number of piperidine rings is 1. The Kier molecular flexibility index (Phi) is 5.79. The first-order chi connectivity index (χ1) is 14.6. The van der Waals surface area contributed by atoms with Crippen molar-refractivity contribution in [2.24, 2.45) is 11.8 Å². The Hall–Kier alpha value is -2.45. The van der Waals surface area contributed by atoms with Crippen molar-refractivity contribution in [2.75, 3.05) is 31.1 Å². The number of halogens is 5. The number of rotatable bonds is 3. The number of hydrogen-bond donors (Lipinski definition) is 0. The number of pyridine rings is 1. The lowest BCUT2D eigenvalue weighted by Gasteiger charge is -2.39. The number of likely N-dealkylation sites (tertiary alicyclic amines) is 1. The molecule has 0 aliphatic carbocycles. The molecule has 1 amide bonds. The maximum atomic E-state index is 13.5. The smallest absolute Gasteiger partial charge is 0.370 e. The monoisotopic (exact) mass is 441 g/mol. The fourth-order valence-corrected chi connectivity index (χ4v) is 4.79. The first kappa shape index (κ1) is 21.8. The van der Waals surface area contributed by atoms with E-state index in [1.165, 1.54) is 17.2 Å². The minimum atomic E-state index is -4.51. The second-order valence-electron chi connectivity index (χ2n) is 8.68. The van der Waals surface area contributed by atoms with Crippen LogP contribution in [-0.4, -0.2) is 54.3 Å². The molecule has 0 bridgehead atoms. The molecule has 9 heteroatoms. The van der Waals surface area contributed by atoms with E-state index in [2.05, 4.69) is 4.98 Å². The molecule has 4 atom stereocenters. The van der Waals surface area contributed by atoms with Gasteiger partial charge in [-0.25, -0.2) is 8.78 Å². The number of hydrogen-bond acceptors (Lipinski definition) is 3. The normalized spacial score (nSPS) is 27.2. The lowest BCUT2D eigenvalue weighted by atomic mass is 9.87. The van der Waals surface area contributed by atoms with Crippen LogP contribution in [0.2, 0.25) is 0 Å². The van der Waals surface area contributed by atoms with Crippen molar-refractivity contribution in [3.8, 4) is 0 Å². The standard InChI is InChI=1S/C22H24F5N3O/c1-13-7-14(8-20(31)30-11-17(23)18(24)12-30)10-29(9-13)19-5-4-16(22(25,26)27)21-15(19)3-2-6-28-21/h2-6,13-14,17-18H,7-12H2,1H3/t13-,14-,17-,18+/m0/s1. The van der Waals surface area contributed by atoms with Crippen LogP contribution in [0.25, 0.3) is 10.9 Å². The highest BCUT2D eigenvalue weighted by Crippen LogP contribution is 2.39. The first-order valence-corrected chi connectivity index (χ1v) is 10.4. The summed E-state index contributed by atoms with van der Waals surface area (Å²) in [6, 6.07) is 5.75. The molecule has 0 unspecified atom stereocenters. The summed E-state index contributed by atoms with van der Waals surface area (Å²) in [5, 5.41) is 0.414. The number of aromatic nitrogens is 1. The zero-order chi connectivity index (χ0) is 22.3. The molecular formula is C22H24F5N3O. The molecule has 4 nitrogen and oxygen atoms in total. The summed E-state index contributed by atoms with van der Waals surface area (Å²) in [5.41, 5.74) is -0.230. The maximum Gasteiger partial charge on any atom is 0.418 e. The molecule has 0 saturated carbocycles. The number of carbonyl (C=O) groups is 1. The first-order valence-electron chi connectivity index (χ1n) is 10.4. The second kappa shape index (κ2) is 8.24. The van der Waals surface area contributed by atoms with E-state index in [4.69, 9.17) is 0 Å². The third-order valence-corrected chi connectivity index (χ3v) is 6.14. The fourth-order valence-electron chi connectivity index (χ4n) is 4.79. The van der Waals surface area contributed by atoms with Gasteiger partial charge in [0, 0.05) is 36.8 Å². The molecular weight excluding hydrogens is 417 g/mol. The zero-order valence-electron chi connectivity index (χ0n) is 17.1. The van der Waals surface area contributed by atoms with Gasteiger partial charge in [0.15, 0.2) is 12.3 Å². The molecule has 168 valence electrons. The quantitative estimate of drug-likeness (QED) is 0.652. The van der Waals surface area contributed by atoms with Gasteiger partial charge in [-0.3, -0.25) is 9.78 Å². The molecule has 1 aromatic heterocycles. The number of fused-ring (bicyclic) bond motifs is 1. The molecule has 0 radical (unpaired) electrons. The molecule has 2 fully saturated rings. The van der Waals surface area contributed by atoms with Crippen molar-refractivity contribution in [1.29, 1.82) is 0 Å². The average molecular weight is 441 g/mol. The van der Waals surface area contributed by atoms with Gasteiger partial charge in [0.05, 0.1) is 24.2 Å². The Bertz CT molecular complexity index is 956. The number of amides is 1. The van der Waals surface area contributed by atoms with Crippen molar-refractivity contribution >= 4 is 22.5 Å². The van der Waals surface area contributed by atoms with Gasteiger partial charge in [-0.15, -0.1) is 0 Å². The van der Waals surface area contributed by atoms with E-state index >= 15 is 0 Å². The number of benzene rings is 1. The lowest BCUT2D eigenvalue weighted by Crippen LogP contribution is -2.42. The third-order valence-electron chi connectivity index (χ3n) is 6.14. The molecule has 0 N–H and O–H groups in total. The Balaban J connectivity index is 1.56. The van der Waals surface area contributed by atoms with E-state index in [0.29, 0.717) is 24.2 Å². The number of carbonyl (C=O) groups excluding carboxylic acids is 1. The van der Waals surface area contributed by atoms with Crippen LogP contribution in [-0.2, 0) is 11.0 Å². The molecule has 3 heterocycles. The largest absolute Gasteiger partial charge is 0.418 e. The molecule has 2 saturated heterocycles. The van der Waals surface area contributed by atoms with Gasteiger partial charge in [0.25, 0.3) is 0 Å². The van der Waals surface area contributed by atoms with Gasteiger partial charge in [-0.1, -0.05) is 6.92 Å². The summed E-state index contributed by atoms with van der Waals surface area (Å²) in [4.78, 5) is 19.8. The Labute approximate surface area is 177 Å². The van der Waals surface area contributed by atoms with Crippen LogP contribution < -0.4 is 4.90 Å². The highest BCUT2D eigenvalue weighted by atomic mass is 19.4. The van der Waals surface area contributed by atoms with Crippen LogP contribution >= 0.6 is 0 Å². The van der Waals surface area contributed by atoms with Crippen LogP contribution in [0, 0.1) is 11.8 Å². The van der Waals surface area contributed by atoms with Crippen LogP contribution in [0.1, 0.15) is 25.3 Å². The van der Waals surface area contributed by atoms with Gasteiger partial charge in [-0.05, 0) is 42.5 Å². The third kappa shape index (κ3) is 4.45. The predicted molar refractivity (Wildman–Crippen MR) is 107 cm³/mol. The maximum absolute atomic E-state index is 13.5. The van der Waals surface area contributed by atoms with Crippen molar-refractivity contribution < 1.29 is 26.7 Å². The van der Waals surface area contributed by atoms with E-state index < -0.39 is 24.1 Å². The highest BCUT2D eigenvalue weighted by molar-refractivity contribution is 5.94. The molecule has 1 aromatic carbocycles. The molecule has 0 spiro atoms. The zero-order valence-corrected chi connectivity index (χ0v) is 17.1. The van der Waals surface area contributed by atoms with Crippen molar-refractivity contribution in [3.05, 3.63) is 36.0 Å². The minimum absolute atomic E-state index is 0.0537. The van der Waals surface area contributed by atoms with Gasteiger partial charge in [0.1, 0.15) is 0 Å². The predicted octanol–water partition coefficient (Wildman–Crippen LogP) is 4.62. The summed E-state index contributed by atoms with van der Waals surface area (Å²) < 4.78 is 67.1. The van der Waals surface area contributed by atoms with Crippen LogP contribution in [0.15, 0.2) is 30.5 Å². The van der Waals surface area contributed by atoms with Crippen molar-refractivity contribution in [2.45, 2.75) is 38.3 Å². The Morgan fingerprint density at radius 3 is 2.48 bits per heavy atom. The van der Waals surface area contributed by atoms with Crippen molar-refractivity contribution in [1.82, 2.24) is 9.88 Å². The second-order valence-corrected chi connectivity index (χ2v) is 8.68. The summed E-state index contributed by atoms with van der Waals surface area (Å²) in [5.74, 6) is -0.121. The van der Waals surface area contributed by atoms with E-state index in [1.54, 1.807) is 12.1 Å². The molecule has 4 rings (SSSR count). The van der Waals surface area contributed by atoms with E-state index in [-0.39, 0.29) is 42.8 Å². The van der Waals surface area contributed by atoms with E-state index in [0.717, 1.165) is 12.5 Å². The van der Waals surface area contributed by atoms with Gasteiger partial charge in [-0.2, -0.15) is 13.2 Å². The summed E-state index contributed by atoms with van der Waals surface area (Å²) >= 11 is 0. The van der Waals surface area contributed by atoms with Crippen LogP contribution in [0.3, 0.4) is 0 Å². The average Bonchev–Trinajstić information content (AvgIpc) is 3.04. The Morgan fingerprint density at radius 1 is 1.10 bits per heavy atom. The lowest BCUT2D eigenvalue weighted by molar-refractivity contribution is -0.136. The topological polar surface area (TPSA) is 36.4 Å². The fraction of sp³-hybridized carbons (Fsp3) is 0.545. The molecule has 2 aromatic rings. The summed E-state index contributed by atoms with van der Waals surface area (Å²) in [6.07, 6.45) is -5.52. The number of anilines is 1.